The van der Waals surface area contributed by atoms with Crippen molar-refractivity contribution in [2.75, 3.05) is 31.2 Å². The zero-order valence-electron chi connectivity index (χ0n) is 14.3. The lowest BCUT2D eigenvalue weighted by atomic mass is 10.2. The van der Waals surface area contributed by atoms with Gasteiger partial charge in [0, 0.05) is 24.7 Å². The fourth-order valence-electron chi connectivity index (χ4n) is 2.88. The number of morpholine rings is 1. The standard InChI is InChI=1S/C19H19N5O2/c25-19(16-6-5-14-3-1-2-4-15(14)22-16)21-13-17-20-8-7-18(23-17)24-9-11-26-12-10-24/h1-8H,9-13H2,(H,21,25). The lowest BCUT2D eigenvalue weighted by Gasteiger charge is -2.27. The van der Waals surface area contributed by atoms with Gasteiger partial charge in [-0.15, -0.1) is 0 Å². The molecule has 1 N–H and O–H groups in total. The highest BCUT2D eigenvalue weighted by Gasteiger charge is 2.14. The predicted molar refractivity (Wildman–Crippen MR) is 98.0 cm³/mol. The first kappa shape index (κ1) is 16.4. The number of amides is 1. The molecule has 26 heavy (non-hydrogen) atoms. The summed E-state index contributed by atoms with van der Waals surface area (Å²) >= 11 is 0. The van der Waals surface area contributed by atoms with Crippen LogP contribution >= 0.6 is 0 Å². The lowest BCUT2D eigenvalue weighted by molar-refractivity contribution is 0.0945. The summed E-state index contributed by atoms with van der Waals surface area (Å²) in [5.74, 6) is 1.19. The van der Waals surface area contributed by atoms with Crippen LogP contribution in [0.2, 0.25) is 0 Å². The molecule has 1 saturated heterocycles. The van der Waals surface area contributed by atoms with E-state index in [4.69, 9.17) is 4.74 Å². The Kier molecular flexibility index (Phi) is 4.70. The first-order valence-corrected chi connectivity index (χ1v) is 8.58. The summed E-state index contributed by atoms with van der Waals surface area (Å²) in [4.78, 5) is 27.7. The second-order valence-corrected chi connectivity index (χ2v) is 6.00. The minimum absolute atomic E-state index is 0.240. The summed E-state index contributed by atoms with van der Waals surface area (Å²) in [7, 11) is 0. The number of benzene rings is 1. The Morgan fingerprint density at radius 2 is 1.92 bits per heavy atom. The Morgan fingerprint density at radius 1 is 1.08 bits per heavy atom. The Bertz CT molecular complexity index is 924. The van der Waals surface area contributed by atoms with Crippen molar-refractivity contribution < 1.29 is 9.53 Å². The zero-order chi connectivity index (χ0) is 17.8. The summed E-state index contributed by atoms with van der Waals surface area (Å²) in [6.07, 6.45) is 1.72. The van der Waals surface area contributed by atoms with Crippen LogP contribution in [0.5, 0.6) is 0 Å². The second-order valence-electron chi connectivity index (χ2n) is 6.00. The zero-order valence-corrected chi connectivity index (χ0v) is 14.3. The van der Waals surface area contributed by atoms with Gasteiger partial charge >= 0.3 is 0 Å². The molecule has 0 bridgehead atoms. The summed E-state index contributed by atoms with van der Waals surface area (Å²) < 4.78 is 5.36. The van der Waals surface area contributed by atoms with E-state index >= 15 is 0 Å². The van der Waals surface area contributed by atoms with Crippen molar-refractivity contribution >= 4 is 22.6 Å². The first-order chi connectivity index (χ1) is 12.8. The Morgan fingerprint density at radius 3 is 2.81 bits per heavy atom. The Hall–Kier alpha value is -3.06. The number of carbonyl (C=O) groups excluding carboxylic acids is 1. The van der Waals surface area contributed by atoms with E-state index in [1.165, 1.54) is 0 Å². The molecule has 7 nitrogen and oxygen atoms in total. The van der Waals surface area contributed by atoms with Crippen LogP contribution in [-0.4, -0.2) is 47.2 Å². The van der Waals surface area contributed by atoms with Crippen molar-refractivity contribution in [2.45, 2.75) is 6.54 Å². The van der Waals surface area contributed by atoms with Gasteiger partial charge in [0.2, 0.25) is 0 Å². The van der Waals surface area contributed by atoms with Crippen molar-refractivity contribution in [3.8, 4) is 0 Å². The fourth-order valence-corrected chi connectivity index (χ4v) is 2.88. The number of nitrogens with zero attached hydrogens (tertiary/aromatic N) is 4. The van der Waals surface area contributed by atoms with Crippen LogP contribution in [0.25, 0.3) is 10.9 Å². The van der Waals surface area contributed by atoms with E-state index in [1.54, 1.807) is 12.3 Å². The predicted octanol–water partition coefficient (Wildman–Crippen LogP) is 1.79. The summed E-state index contributed by atoms with van der Waals surface area (Å²) in [5.41, 5.74) is 1.18. The van der Waals surface area contributed by atoms with Gasteiger partial charge in [-0.05, 0) is 18.2 Å². The third-order valence-corrected chi connectivity index (χ3v) is 4.26. The number of hydrogen-bond acceptors (Lipinski definition) is 6. The van der Waals surface area contributed by atoms with Gasteiger partial charge in [-0.3, -0.25) is 4.79 Å². The number of hydrogen-bond donors (Lipinski definition) is 1. The third-order valence-electron chi connectivity index (χ3n) is 4.26. The molecule has 3 aromatic rings. The number of anilines is 1. The molecule has 1 aliphatic rings. The van der Waals surface area contributed by atoms with Crippen LogP contribution in [0, 0.1) is 0 Å². The van der Waals surface area contributed by atoms with Crippen LogP contribution in [0.3, 0.4) is 0 Å². The Balaban J connectivity index is 1.43. The normalized spacial score (nSPS) is 14.4. The van der Waals surface area contributed by atoms with Crippen LogP contribution in [0.4, 0.5) is 5.82 Å². The quantitative estimate of drug-likeness (QED) is 0.773. The number of para-hydroxylation sites is 1. The minimum atomic E-state index is -0.240. The van der Waals surface area contributed by atoms with Gasteiger partial charge in [0.25, 0.3) is 5.91 Å². The largest absolute Gasteiger partial charge is 0.378 e. The molecular weight excluding hydrogens is 330 g/mol. The van der Waals surface area contributed by atoms with E-state index in [2.05, 4.69) is 25.2 Å². The molecule has 0 spiro atoms. The Labute approximate surface area is 151 Å². The average molecular weight is 349 g/mol. The van der Waals surface area contributed by atoms with Gasteiger partial charge in [0.1, 0.15) is 17.3 Å². The monoisotopic (exact) mass is 349 g/mol. The molecule has 0 atom stereocenters. The number of nitrogens with one attached hydrogen (secondary N) is 1. The van der Waals surface area contributed by atoms with Crippen molar-refractivity contribution in [3.05, 3.63) is 60.2 Å². The van der Waals surface area contributed by atoms with Gasteiger partial charge < -0.3 is 15.0 Å². The topological polar surface area (TPSA) is 80.2 Å². The molecule has 0 unspecified atom stereocenters. The highest BCUT2D eigenvalue weighted by molar-refractivity contribution is 5.94. The third kappa shape index (κ3) is 3.62. The SMILES string of the molecule is O=C(NCc1nccc(N2CCOCC2)n1)c1ccc2ccccc2n1. The fraction of sp³-hybridized carbons (Fsp3) is 0.263. The molecule has 1 aliphatic heterocycles. The molecule has 4 rings (SSSR count). The summed E-state index contributed by atoms with van der Waals surface area (Å²) in [6.45, 7) is 3.27. The number of aromatic nitrogens is 3. The maximum Gasteiger partial charge on any atom is 0.270 e. The minimum Gasteiger partial charge on any atom is -0.378 e. The summed E-state index contributed by atoms with van der Waals surface area (Å²) in [5, 5.41) is 3.85. The smallest absolute Gasteiger partial charge is 0.270 e. The molecule has 3 heterocycles. The highest BCUT2D eigenvalue weighted by Crippen LogP contribution is 2.13. The van der Waals surface area contributed by atoms with Crippen molar-refractivity contribution in [1.29, 1.82) is 0 Å². The average Bonchev–Trinajstić information content (AvgIpc) is 2.72. The molecule has 2 aromatic heterocycles. The van der Waals surface area contributed by atoms with Crippen molar-refractivity contribution in [2.24, 2.45) is 0 Å². The molecule has 1 fully saturated rings. The van der Waals surface area contributed by atoms with E-state index in [9.17, 15) is 4.79 Å². The molecule has 0 radical (unpaired) electrons. The van der Waals surface area contributed by atoms with E-state index in [1.807, 2.05) is 36.4 Å². The van der Waals surface area contributed by atoms with Gasteiger partial charge in [-0.25, -0.2) is 15.0 Å². The molecular formula is C19H19N5O2. The number of carbonyl (C=O) groups is 1. The number of ether oxygens (including phenoxy) is 1. The van der Waals surface area contributed by atoms with E-state index in [0.717, 1.165) is 29.8 Å². The van der Waals surface area contributed by atoms with E-state index in [0.29, 0.717) is 24.7 Å². The molecule has 132 valence electrons. The van der Waals surface area contributed by atoms with Crippen LogP contribution < -0.4 is 10.2 Å². The van der Waals surface area contributed by atoms with Gasteiger partial charge in [0.05, 0.1) is 25.3 Å². The maximum absolute atomic E-state index is 12.4. The van der Waals surface area contributed by atoms with Crippen molar-refractivity contribution in [3.63, 3.8) is 0 Å². The van der Waals surface area contributed by atoms with E-state index in [-0.39, 0.29) is 12.5 Å². The van der Waals surface area contributed by atoms with Gasteiger partial charge in [-0.1, -0.05) is 24.3 Å². The highest BCUT2D eigenvalue weighted by atomic mass is 16.5. The van der Waals surface area contributed by atoms with Gasteiger partial charge in [0.15, 0.2) is 0 Å². The van der Waals surface area contributed by atoms with Crippen LogP contribution in [0.15, 0.2) is 48.7 Å². The van der Waals surface area contributed by atoms with Crippen molar-refractivity contribution in [1.82, 2.24) is 20.3 Å². The van der Waals surface area contributed by atoms with Gasteiger partial charge in [-0.2, -0.15) is 0 Å². The summed E-state index contributed by atoms with van der Waals surface area (Å²) in [6, 6.07) is 13.2. The second kappa shape index (κ2) is 7.45. The molecule has 1 amide bonds. The van der Waals surface area contributed by atoms with Crippen LogP contribution in [-0.2, 0) is 11.3 Å². The number of rotatable bonds is 4. The number of pyridine rings is 1. The lowest BCUT2D eigenvalue weighted by Crippen LogP contribution is -2.37. The molecule has 1 aromatic carbocycles. The maximum atomic E-state index is 12.4. The molecule has 0 aliphatic carbocycles. The van der Waals surface area contributed by atoms with Crippen LogP contribution in [0.1, 0.15) is 16.3 Å². The molecule has 7 heteroatoms. The first-order valence-electron chi connectivity index (χ1n) is 8.58. The van der Waals surface area contributed by atoms with E-state index < -0.39 is 0 Å². The molecule has 0 saturated carbocycles. The number of fused-ring (bicyclic) bond motifs is 1.